The number of morpholine rings is 1. The highest BCUT2D eigenvalue weighted by Gasteiger charge is 2.30. The van der Waals surface area contributed by atoms with Gasteiger partial charge in [-0.1, -0.05) is 0 Å². The van der Waals surface area contributed by atoms with Crippen molar-refractivity contribution < 1.29 is 14.2 Å². The fraction of sp³-hybridized carbons (Fsp3) is 0.917. The maximum Gasteiger partial charge on any atom is 0.248 e. The molecule has 0 aromatic rings. The highest BCUT2D eigenvalue weighted by atomic mass is 16.5. The molecule has 5 heteroatoms. The molecule has 1 unspecified atom stereocenters. The summed E-state index contributed by atoms with van der Waals surface area (Å²) in [7, 11) is 0. The molecule has 2 saturated heterocycles. The zero-order valence-corrected chi connectivity index (χ0v) is 10.6. The lowest BCUT2D eigenvalue weighted by Gasteiger charge is -2.44. The predicted octanol–water partition coefficient (Wildman–Crippen LogP) is 0.732. The molecule has 0 radical (unpaired) electrons. The molecule has 0 aliphatic carbocycles. The monoisotopic (exact) mass is 242 g/mol. The van der Waals surface area contributed by atoms with E-state index in [-0.39, 0.29) is 23.2 Å². The molecule has 1 amide bonds. The van der Waals surface area contributed by atoms with Crippen molar-refractivity contribution >= 4 is 5.91 Å². The molecule has 5 nitrogen and oxygen atoms in total. The van der Waals surface area contributed by atoms with Crippen LogP contribution in [0.15, 0.2) is 0 Å². The van der Waals surface area contributed by atoms with Crippen molar-refractivity contribution in [3.63, 3.8) is 0 Å². The Hall–Kier alpha value is -0.650. The molecule has 0 aromatic carbocycles. The molecule has 2 aliphatic heterocycles. The summed E-state index contributed by atoms with van der Waals surface area (Å²) in [6, 6.07) is 0.105. The van der Waals surface area contributed by atoms with Gasteiger partial charge in [-0.05, 0) is 6.92 Å². The average Bonchev–Trinajstić information content (AvgIpc) is 2.76. The molecule has 2 rings (SSSR count). The minimum absolute atomic E-state index is 0.0570. The molecule has 98 valence electrons. The van der Waals surface area contributed by atoms with Gasteiger partial charge in [-0.15, -0.1) is 0 Å². The quantitative estimate of drug-likeness (QED) is 0.539. The highest BCUT2D eigenvalue weighted by Crippen LogP contribution is 2.23. The van der Waals surface area contributed by atoms with Crippen LogP contribution >= 0.6 is 0 Å². The van der Waals surface area contributed by atoms with Gasteiger partial charge < -0.3 is 19.5 Å². The maximum atomic E-state index is 12.4. The van der Waals surface area contributed by atoms with Crippen molar-refractivity contribution in [2.75, 3.05) is 39.4 Å². The summed E-state index contributed by atoms with van der Waals surface area (Å²) < 4.78 is 5.02. The van der Waals surface area contributed by atoms with Crippen LogP contribution in [0.3, 0.4) is 0 Å². The Balaban J connectivity index is 1.79. The molecule has 2 fully saturated rings. The number of nitrogens with zero attached hydrogens (tertiary/aromatic N) is 2. The van der Waals surface area contributed by atoms with Crippen molar-refractivity contribution in [3.8, 4) is 0 Å². The fourth-order valence-electron chi connectivity index (χ4n) is 2.68. The van der Waals surface area contributed by atoms with E-state index in [9.17, 15) is 10.0 Å². The van der Waals surface area contributed by atoms with Gasteiger partial charge in [-0.25, -0.2) is 0 Å². The van der Waals surface area contributed by atoms with Gasteiger partial charge in [0.05, 0.1) is 25.7 Å². The normalized spacial score (nSPS) is 26.2. The second-order valence-electron chi connectivity index (χ2n) is 5.18. The largest absolute Gasteiger partial charge is 0.633 e. The Morgan fingerprint density at radius 1 is 1.47 bits per heavy atom. The lowest BCUT2D eigenvalue weighted by atomic mass is 10.2. The van der Waals surface area contributed by atoms with Crippen molar-refractivity contribution in [1.82, 2.24) is 4.90 Å². The van der Waals surface area contributed by atoms with Crippen LogP contribution in [0.5, 0.6) is 0 Å². The van der Waals surface area contributed by atoms with Crippen LogP contribution in [0.4, 0.5) is 0 Å². The van der Waals surface area contributed by atoms with Gasteiger partial charge >= 0.3 is 0 Å². The van der Waals surface area contributed by atoms with Crippen molar-refractivity contribution in [1.29, 1.82) is 0 Å². The van der Waals surface area contributed by atoms with Crippen LogP contribution < -0.4 is 0 Å². The van der Waals surface area contributed by atoms with Crippen molar-refractivity contribution in [3.05, 3.63) is 5.21 Å². The number of quaternary nitrogens is 1. The number of carbonyl (C=O) groups excluding carboxylic acids is 1. The average molecular weight is 242 g/mol. The molecule has 2 heterocycles. The third-order valence-corrected chi connectivity index (χ3v) is 4.03. The lowest BCUT2D eigenvalue weighted by Crippen LogP contribution is -2.49. The number of hydrogen-bond acceptors (Lipinski definition) is 3. The van der Waals surface area contributed by atoms with Crippen LogP contribution in [0.1, 0.15) is 26.2 Å². The molecule has 0 aromatic heterocycles. The van der Waals surface area contributed by atoms with E-state index >= 15 is 0 Å². The molecule has 1 atom stereocenters. The summed E-state index contributed by atoms with van der Waals surface area (Å²) in [5.41, 5.74) is 0. The lowest BCUT2D eigenvalue weighted by molar-refractivity contribution is -0.892. The van der Waals surface area contributed by atoms with E-state index in [0.29, 0.717) is 19.7 Å². The highest BCUT2D eigenvalue weighted by molar-refractivity contribution is 5.77. The van der Waals surface area contributed by atoms with E-state index in [0.717, 1.165) is 32.4 Å². The number of ether oxygens (including phenoxy) is 1. The minimum atomic E-state index is -0.0570. The number of carbonyl (C=O) groups is 1. The Kier molecular flexibility index (Phi) is 4.01. The molecule has 0 N–H and O–H groups in total. The summed E-state index contributed by atoms with van der Waals surface area (Å²) in [4.78, 5) is 13.3. The molecular weight excluding hydrogens is 220 g/mol. The van der Waals surface area contributed by atoms with Gasteiger partial charge in [0, 0.05) is 32.4 Å². The zero-order valence-electron chi connectivity index (χ0n) is 10.6. The number of hydroxylamine groups is 3. The summed E-state index contributed by atoms with van der Waals surface area (Å²) in [6.07, 6.45) is 2.89. The molecule has 2 aliphatic rings. The number of rotatable bonds is 4. The van der Waals surface area contributed by atoms with Gasteiger partial charge in [0.1, 0.15) is 6.61 Å². The Morgan fingerprint density at radius 3 is 2.82 bits per heavy atom. The molecule has 17 heavy (non-hydrogen) atoms. The topological polar surface area (TPSA) is 52.6 Å². The minimum Gasteiger partial charge on any atom is -0.633 e. The smallest absolute Gasteiger partial charge is 0.248 e. The first-order valence-corrected chi connectivity index (χ1v) is 6.55. The number of hydrogen-bond donors (Lipinski definition) is 0. The molecule has 0 saturated carbocycles. The Morgan fingerprint density at radius 2 is 2.18 bits per heavy atom. The standard InChI is InChI=1S/C12H22N2O3/c1-11(14(16)7-2-3-8-14)4-5-13-6-9-17-10-12(13)15/h11H,2-10H2,1H3. The van der Waals surface area contributed by atoms with Gasteiger partial charge in [0.25, 0.3) is 0 Å². The first-order chi connectivity index (χ1) is 8.12. The van der Waals surface area contributed by atoms with Crippen LogP contribution in [-0.4, -0.2) is 60.9 Å². The first kappa shape index (κ1) is 12.8. The van der Waals surface area contributed by atoms with E-state index in [2.05, 4.69) is 0 Å². The second-order valence-corrected chi connectivity index (χ2v) is 5.18. The van der Waals surface area contributed by atoms with Crippen molar-refractivity contribution in [2.45, 2.75) is 32.2 Å². The second kappa shape index (κ2) is 5.33. The zero-order chi connectivity index (χ0) is 12.3. The van der Waals surface area contributed by atoms with Crippen LogP contribution in [0.2, 0.25) is 0 Å². The molecular formula is C12H22N2O3. The fourth-order valence-corrected chi connectivity index (χ4v) is 2.68. The van der Waals surface area contributed by atoms with E-state index in [4.69, 9.17) is 4.74 Å². The van der Waals surface area contributed by atoms with Crippen LogP contribution in [0, 0.1) is 5.21 Å². The van der Waals surface area contributed by atoms with Crippen LogP contribution in [0.25, 0.3) is 0 Å². The summed E-state index contributed by atoms with van der Waals surface area (Å²) in [6.45, 7) is 5.71. The van der Waals surface area contributed by atoms with Crippen molar-refractivity contribution in [2.24, 2.45) is 0 Å². The first-order valence-electron chi connectivity index (χ1n) is 6.55. The van der Waals surface area contributed by atoms with E-state index < -0.39 is 0 Å². The van der Waals surface area contributed by atoms with Gasteiger partial charge in [-0.3, -0.25) is 4.79 Å². The van der Waals surface area contributed by atoms with E-state index in [1.165, 1.54) is 0 Å². The van der Waals surface area contributed by atoms with E-state index in [1.807, 2.05) is 11.8 Å². The summed E-state index contributed by atoms with van der Waals surface area (Å²) >= 11 is 0. The van der Waals surface area contributed by atoms with Gasteiger partial charge in [0.15, 0.2) is 0 Å². The molecule has 0 spiro atoms. The summed E-state index contributed by atoms with van der Waals surface area (Å²) in [5.74, 6) is 0.0577. The van der Waals surface area contributed by atoms with E-state index in [1.54, 1.807) is 0 Å². The number of amides is 1. The SMILES string of the molecule is CC(CCN1CCOCC1=O)[N+]1([O-])CCCC1. The van der Waals surface area contributed by atoms with Gasteiger partial charge in [-0.2, -0.15) is 0 Å². The molecule has 0 bridgehead atoms. The third-order valence-electron chi connectivity index (χ3n) is 4.03. The van der Waals surface area contributed by atoms with Crippen LogP contribution in [-0.2, 0) is 9.53 Å². The maximum absolute atomic E-state index is 12.4. The van der Waals surface area contributed by atoms with Gasteiger partial charge in [0.2, 0.25) is 5.91 Å². The number of likely N-dealkylation sites (tertiary alicyclic amines) is 1. The predicted molar refractivity (Wildman–Crippen MR) is 64.1 cm³/mol. The Labute approximate surface area is 102 Å². The third kappa shape index (κ3) is 2.97. The summed E-state index contributed by atoms with van der Waals surface area (Å²) in [5, 5.41) is 12.4. The Bertz CT molecular complexity index is 277.